The zero-order valence-electron chi connectivity index (χ0n) is 10.8. The number of aromatic amines is 1. The smallest absolute Gasteiger partial charge is 0.120 e. The van der Waals surface area contributed by atoms with Gasteiger partial charge in [-0.05, 0) is 36.4 Å². The second kappa shape index (κ2) is 4.32. The summed E-state index contributed by atoms with van der Waals surface area (Å²) >= 11 is 0. The molecule has 0 spiro atoms. The summed E-state index contributed by atoms with van der Waals surface area (Å²) in [4.78, 5) is 3.54. The number of ether oxygens (including phenoxy) is 1. The van der Waals surface area contributed by atoms with Gasteiger partial charge in [-0.2, -0.15) is 0 Å². The number of aromatic nitrogens is 1. The van der Waals surface area contributed by atoms with Gasteiger partial charge in [-0.25, -0.2) is 0 Å². The van der Waals surface area contributed by atoms with Crippen molar-refractivity contribution >= 4 is 10.9 Å². The Morgan fingerprint density at radius 1 is 1.28 bits per heavy atom. The Labute approximate surface area is 107 Å². The van der Waals surface area contributed by atoms with Gasteiger partial charge >= 0.3 is 0 Å². The molecule has 3 N–H and O–H groups in total. The minimum Gasteiger partial charge on any atom is -0.497 e. The summed E-state index contributed by atoms with van der Waals surface area (Å²) in [5, 5.41) is 1.24. The summed E-state index contributed by atoms with van der Waals surface area (Å²) in [5.41, 5.74) is 8.65. The topological polar surface area (TPSA) is 51.0 Å². The minimum atomic E-state index is 0.173. The van der Waals surface area contributed by atoms with E-state index in [0.717, 1.165) is 17.8 Å². The Balaban J connectivity index is 2.07. The molecule has 0 radical (unpaired) electrons. The van der Waals surface area contributed by atoms with E-state index in [-0.39, 0.29) is 5.41 Å². The maximum Gasteiger partial charge on any atom is 0.120 e. The molecule has 1 aromatic heterocycles. The first-order valence-electron chi connectivity index (χ1n) is 6.65. The molecular formula is C15H20N2O. The zero-order valence-corrected chi connectivity index (χ0v) is 10.8. The normalized spacial score (nSPS) is 18.3. The van der Waals surface area contributed by atoms with E-state index in [1.807, 2.05) is 6.07 Å². The monoisotopic (exact) mass is 244 g/mol. The summed E-state index contributed by atoms with van der Waals surface area (Å²) in [5.74, 6) is 0.893. The lowest BCUT2D eigenvalue weighted by Gasteiger charge is -2.25. The molecule has 0 amide bonds. The molecule has 3 nitrogen and oxygen atoms in total. The van der Waals surface area contributed by atoms with Gasteiger partial charge < -0.3 is 15.5 Å². The largest absolute Gasteiger partial charge is 0.497 e. The number of H-pyrrole nitrogens is 1. The zero-order chi connectivity index (χ0) is 12.6. The molecule has 1 saturated carbocycles. The Morgan fingerprint density at radius 2 is 2.06 bits per heavy atom. The van der Waals surface area contributed by atoms with Crippen LogP contribution in [-0.4, -0.2) is 18.6 Å². The van der Waals surface area contributed by atoms with Crippen LogP contribution in [0.1, 0.15) is 31.4 Å². The first kappa shape index (κ1) is 11.6. The predicted octanol–water partition coefficient (Wildman–Crippen LogP) is 2.95. The molecule has 1 fully saturated rings. The van der Waals surface area contributed by atoms with Crippen LogP contribution in [0.2, 0.25) is 0 Å². The average Bonchev–Trinajstić information content (AvgIpc) is 3.04. The van der Waals surface area contributed by atoms with Gasteiger partial charge in [0.1, 0.15) is 5.75 Å². The van der Waals surface area contributed by atoms with E-state index in [2.05, 4.69) is 23.2 Å². The first-order chi connectivity index (χ1) is 8.77. The first-order valence-corrected chi connectivity index (χ1v) is 6.65. The van der Waals surface area contributed by atoms with Crippen molar-refractivity contribution in [1.82, 2.24) is 4.98 Å². The van der Waals surface area contributed by atoms with Gasteiger partial charge in [0.2, 0.25) is 0 Å². The highest BCUT2D eigenvalue weighted by Gasteiger charge is 2.35. The van der Waals surface area contributed by atoms with Crippen LogP contribution in [0.25, 0.3) is 10.9 Å². The van der Waals surface area contributed by atoms with Gasteiger partial charge in [-0.3, -0.25) is 0 Å². The molecule has 0 unspecified atom stereocenters. The number of hydrogen-bond donors (Lipinski definition) is 2. The molecule has 96 valence electrons. The highest BCUT2D eigenvalue weighted by molar-refractivity contribution is 5.82. The third-order valence-electron chi connectivity index (χ3n) is 4.35. The Morgan fingerprint density at radius 3 is 2.72 bits per heavy atom. The molecule has 0 aliphatic heterocycles. The van der Waals surface area contributed by atoms with Crippen LogP contribution >= 0.6 is 0 Å². The van der Waals surface area contributed by atoms with Gasteiger partial charge in [0.05, 0.1) is 7.11 Å². The molecule has 0 bridgehead atoms. The maximum absolute atomic E-state index is 6.03. The molecule has 3 heteroatoms. The maximum atomic E-state index is 6.03. The van der Waals surface area contributed by atoms with Crippen LogP contribution in [0.3, 0.4) is 0 Å². The van der Waals surface area contributed by atoms with E-state index in [0.29, 0.717) is 0 Å². The fraction of sp³-hybridized carbons (Fsp3) is 0.467. The summed E-state index contributed by atoms with van der Waals surface area (Å²) in [6.45, 7) is 0.733. The number of nitrogens with one attached hydrogen (secondary N) is 1. The molecule has 3 rings (SSSR count). The molecule has 1 aromatic carbocycles. The molecule has 1 aliphatic rings. The van der Waals surface area contributed by atoms with Crippen molar-refractivity contribution in [3.63, 3.8) is 0 Å². The highest BCUT2D eigenvalue weighted by Crippen LogP contribution is 2.41. The second-order valence-corrected chi connectivity index (χ2v) is 5.33. The Hall–Kier alpha value is -1.48. The molecular weight excluding hydrogens is 224 g/mol. The predicted molar refractivity (Wildman–Crippen MR) is 74.1 cm³/mol. The minimum absolute atomic E-state index is 0.173. The van der Waals surface area contributed by atoms with Crippen LogP contribution < -0.4 is 10.5 Å². The Kier molecular flexibility index (Phi) is 2.78. The lowest BCUT2D eigenvalue weighted by Crippen LogP contribution is -2.32. The van der Waals surface area contributed by atoms with E-state index >= 15 is 0 Å². The van der Waals surface area contributed by atoms with E-state index in [1.54, 1.807) is 7.11 Å². The summed E-state index contributed by atoms with van der Waals surface area (Å²) in [6.07, 6.45) is 4.98. The molecule has 1 heterocycles. The average molecular weight is 244 g/mol. The van der Waals surface area contributed by atoms with E-state index < -0.39 is 0 Å². The number of nitrogens with two attached hydrogens (primary N) is 1. The molecule has 2 aromatic rings. The standard InChI is InChI=1S/C15H20N2O/c1-18-12-5-4-11-8-14(17-13(11)9-12)15(10-16)6-2-3-7-15/h4-5,8-9,17H,2-3,6-7,10,16H2,1H3. The second-order valence-electron chi connectivity index (χ2n) is 5.33. The summed E-state index contributed by atoms with van der Waals surface area (Å²) in [7, 11) is 1.70. The van der Waals surface area contributed by atoms with Crippen molar-refractivity contribution in [2.75, 3.05) is 13.7 Å². The molecule has 0 atom stereocenters. The quantitative estimate of drug-likeness (QED) is 0.872. The van der Waals surface area contributed by atoms with Crippen LogP contribution in [0, 0.1) is 0 Å². The molecule has 0 saturated heterocycles. The number of rotatable bonds is 3. The van der Waals surface area contributed by atoms with Crippen molar-refractivity contribution < 1.29 is 4.74 Å². The number of methoxy groups -OCH3 is 1. The fourth-order valence-corrected chi connectivity index (χ4v) is 3.15. The van der Waals surface area contributed by atoms with E-state index in [4.69, 9.17) is 10.5 Å². The van der Waals surface area contributed by atoms with Gasteiger partial charge in [0.25, 0.3) is 0 Å². The van der Waals surface area contributed by atoms with Crippen LogP contribution in [0.15, 0.2) is 24.3 Å². The van der Waals surface area contributed by atoms with Gasteiger partial charge in [0, 0.05) is 29.2 Å². The Bertz CT molecular complexity index is 553. The molecule has 1 aliphatic carbocycles. The van der Waals surface area contributed by atoms with Crippen molar-refractivity contribution in [2.24, 2.45) is 5.73 Å². The number of hydrogen-bond acceptors (Lipinski definition) is 2. The van der Waals surface area contributed by atoms with E-state index in [9.17, 15) is 0 Å². The molecule has 18 heavy (non-hydrogen) atoms. The fourth-order valence-electron chi connectivity index (χ4n) is 3.15. The van der Waals surface area contributed by atoms with Crippen LogP contribution in [0.4, 0.5) is 0 Å². The van der Waals surface area contributed by atoms with Gasteiger partial charge in [0.15, 0.2) is 0 Å². The third kappa shape index (κ3) is 1.70. The van der Waals surface area contributed by atoms with Crippen molar-refractivity contribution in [3.05, 3.63) is 30.0 Å². The summed E-state index contributed by atoms with van der Waals surface area (Å²) < 4.78 is 5.26. The van der Waals surface area contributed by atoms with Gasteiger partial charge in [-0.1, -0.05) is 12.8 Å². The SMILES string of the molecule is COc1ccc2cc(C3(CN)CCCC3)[nH]c2c1. The number of benzene rings is 1. The van der Waals surface area contributed by atoms with Crippen LogP contribution in [-0.2, 0) is 5.41 Å². The third-order valence-corrected chi connectivity index (χ3v) is 4.35. The van der Waals surface area contributed by atoms with Gasteiger partial charge in [-0.15, -0.1) is 0 Å². The van der Waals surface area contributed by atoms with E-state index in [1.165, 1.54) is 36.8 Å². The van der Waals surface area contributed by atoms with Crippen molar-refractivity contribution in [1.29, 1.82) is 0 Å². The lowest BCUT2D eigenvalue weighted by atomic mass is 9.83. The van der Waals surface area contributed by atoms with Crippen molar-refractivity contribution in [2.45, 2.75) is 31.1 Å². The summed E-state index contributed by atoms with van der Waals surface area (Å²) in [6, 6.07) is 8.42. The van der Waals surface area contributed by atoms with Crippen molar-refractivity contribution in [3.8, 4) is 5.75 Å². The number of fused-ring (bicyclic) bond motifs is 1. The highest BCUT2D eigenvalue weighted by atomic mass is 16.5. The lowest BCUT2D eigenvalue weighted by molar-refractivity contribution is 0.415. The van der Waals surface area contributed by atoms with Crippen LogP contribution in [0.5, 0.6) is 5.75 Å².